The minimum Gasteiger partial charge on any atom is -0.508 e. The van der Waals surface area contributed by atoms with Gasteiger partial charge in [0.2, 0.25) is 0 Å². The highest BCUT2D eigenvalue weighted by molar-refractivity contribution is 6.03. The second-order valence-corrected chi connectivity index (χ2v) is 5.60. The lowest BCUT2D eigenvalue weighted by Crippen LogP contribution is -2.35. The summed E-state index contributed by atoms with van der Waals surface area (Å²) in [5.74, 6) is -0.351. The van der Waals surface area contributed by atoms with E-state index in [4.69, 9.17) is 0 Å². The summed E-state index contributed by atoms with van der Waals surface area (Å²) in [4.78, 5) is 16.2. The summed E-state index contributed by atoms with van der Waals surface area (Å²) in [5, 5.41) is 27.0. The summed E-state index contributed by atoms with van der Waals surface area (Å²) in [6.45, 7) is 5.19. The van der Waals surface area contributed by atoms with Crippen LogP contribution in [0.2, 0.25) is 0 Å². The number of benzene rings is 1. The molecule has 1 atom stereocenters. The standard InChI is InChI=1S/C18H22N4O3/c1-4-15(14-7-8-16(23)11(2)17(14)24)21-22-18(25)12(3)20-13-6-5-9-19-10-13/h5-10,12,20,23-24H,4H2,1-3H3,(H,22,25)/b21-15+/t12-/m0/s1. The highest BCUT2D eigenvalue weighted by atomic mass is 16.3. The Kier molecular flexibility index (Phi) is 5.94. The molecule has 1 aromatic carbocycles. The molecular weight excluding hydrogens is 320 g/mol. The lowest BCUT2D eigenvalue weighted by molar-refractivity contribution is -0.121. The van der Waals surface area contributed by atoms with E-state index in [1.807, 2.05) is 13.0 Å². The van der Waals surface area contributed by atoms with E-state index in [2.05, 4.69) is 20.8 Å². The number of nitrogens with one attached hydrogen (secondary N) is 2. The van der Waals surface area contributed by atoms with Gasteiger partial charge in [-0.05, 0) is 44.5 Å². The molecule has 2 rings (SSSR count). The normalized spacial score (nSPS) is 12.5. The van der Waals surface area contributed by atoms with Crippen molar-refractivity contribution >= 4 is 17.3 Å². The second-order valence-electron chi connectivity index (χ2n) is 5.60. The average molecular weight is 342 g/mol. The fraction of sp³-hybridized carbons (Fsp3) is 0.278. The maximum Gasteiger partial charge on any atom is 0.262 e. The van der Waals surface area contributed by atoms with E-state index < -0.39 is 6.04 Å². The molecule has 0 unspecified atom stereocenters. The van der Waals surface area contributed by atoms with Crippen LogP contribution in [0, 0.1) is 6.92 Å². The zero-order valence-electron chi connectivity index (χ0n) is 14.4. The fourth-order valence-corrected chi connectivity index (χ4v) is 2.24. The van der Waals surface area contributed by atoms with Gasteiger partial charge in [0.25, 0.3) is 5.91 Å². The molecule has 25 heavy (non-hydrogen) atoms. The van der Waals surface area contributed by atoms with Gasteiger partial charge in [0.1, 0.15) is 17.5 Å². The molecule has 0 bridgehead atoms. The van der Waals surface area contributed by atoms with Gasteiger partial charge in [0, 0.05) is 23.5 Å². The molecule has 1 amide bonds. The third kappa shape index (κ3) is 4.47. The second kappa shape index (κ2) is 8.14. The summed E-state index contributed by atoms with van der Waals surface area (Å²) < 4.78 is 0. The smallest absolute Gasteiger partial charge is 0.262 e. The molecule has 4 N–H and O–H groups in total. The third-order valence-electron chi connectivity index (χ3n) is 3.79. The van der Waals surface area contributed by atoms with Crippen LogP contribution in [-0.4, -0.2) is 32.9 Å². The van der Waals surface area contributed by atoms with Gasteiger partial charge in [-0.1, -0.05) is 6.92 Å². The van der Waals surface area contributed by atoms with Crippen molar-refractivity contribution in [2.24, 2.45) is 5.10 Å². The molecule has 1 heterocycles. The number of nitrogens with zero attached hydrogens (tertiary/aromatic N) is 2. The van der Waals surface area contributed by atoms with Crippen LogP contribution in [0.5, 0.6) is 11.5 Å². The van der Waals surface area contributed by atoms with E-state index in [0.717, 1.165) is 5.69 Å². The van der Waals surface area contributed by atoms with Crippen molar-refractivity contribution in [1.29, 1.82) is 0 Å². The Morgan fingerprint density at radius 2 is 2.08 bits per heavy atom. The van der Waals surface area contributed by atoms with Crippen LogP contribution in [0.1, 0.15) is 31.4 Å². The van der Waals surface area contributed by atoms with E-state index in [1.54, 1.807) is 38.4 Å². The van der Waals surface area contributed by atoms with Gasteiger partial charge >= 0.3 is 0 Å². The number of phenols is 2. The number of carbonyl (C=O) groups is 1. The minimum atomic E-state index is -0.513. The number of hydrogen-bond donors (Lipinski definition) is 4. The average Bonchev–Trinajstić information content (AvgIpc) is 2.62. The Morgan fingerprint density at radius 3 is 2.72 bits per heavy atom. The van der Waals surface area contributed by atoms with E-state index in [0.29, 0.717) is 23.3 Å². The lowest BCUT2D eigenvalue weighted by Gasteiger charge is -2.14. The molecule has 7 heteroatoms. The predicted molar refractivity (Wildman–Crippen MR) is 96.8 cm³/mol. The van der Waals surface area contributed by atoms with Crippen LogP contribution in [0.4, 0.5) is 5.69 Å². The first-order chi connectivity index (χ1) is 11.9. The van der Waals surface area contributed by atoms with Gasteiger partial charge in [-0.2, -0.15) is 5.10 Å². The van der Waals surface area contributed by atoms with E-state index >= 15 is 0 Å². The summed E-state index contributed by atoms with van der Waals surface area (Å²) in [6, 6.07) is 6.14. The van der Waals surface area contributed by atoms with Gasteiger partial charge in [0.15, 0.2) is 0 Å². The fourth-order valence-electron chi connectivity index (χ4n) is 2.24. The maximum absolute atomic E-state index is 12.2. The first-order valence-electron chi connectivity index (χ1n) is 7.99. The van der Waals surface area contributed by atoms with Gasteiger partial charge in [-0.3, -0.25) is 9.78 Å². The predicted octanol–water partition coefficient (Wildman–Crippen LogP) is 2.53. The maximum atomic E-state index is 12.2. The summed E-state index contributed by atoms with van der Waals surface area (Å²) in [6.07, 6.45) is 3.78. The number of hydrazone groups is 1. The number of anilines is 1. The van der Waals surface area contributed by atoms with Crippen molar-refractivity contribution in [3.05, 3.63) is 47.8 Å². The number of amides is 1. The number of rotatable bonds is 6. The molecule has 7 nitrogen and oxygen atoms in total. The number of aromatic nitrogens is 1. The molecule has 0 spiro atoms. The lowest BCUT2D eigenvalue weighted by atomic mass is 10.0. The van der Waals surface area contributed by atoms with E-state index in [1.165, 1.54) is 6.07 Å². The van der Waals surface area contributed by atoms with Crippen LogP contribution in [0.25, 0.3) is 0 Å². The molecule has 0 saturated heterocycles. The number of pyridine rings is 1. The highest BCUT2D eigenvalue weighted by Gasteiger charge is 2.15. The molecule has 0 fully saturated rings. The van der Waals surface area contributed by atoms with Gasteiger partial charge in [-0.15, -0.1) is 0 Å². The number of hydrogen-bond acceptors (Lipinski definition) is 6. The Morgan fingerprint density at radius 1 is 1.32 bits per heavy atom. The van der Waals surface area contributed by atoms with Crippen molar-refractivity contribution in [3.63, 3.8) is 0 Å². The molecule has 2 aromatic rings. The summed E-state index contributed by atoms with van der Waals surface area (Å²) in [7, 11) is 0. The highest BCUT2D eigenvalue weighted by Crippen LogP contribution is 2.30. The van der Waals surface area contributed by atoms with Crippen molar-refractivity contribution in [3.8, 4) is 11.5 Å². The molecule has 132 valence electrons. The zero-order valence-corrected chi connectivity index (χ0v) is 14.4. The molecule has 0 aliphatic rings. The molecular formula is C18H22N4O3. The number of carbonyl (C=O) groups excluding carboxylic acids is 1. The van der Waals surface area contributed by atoms with Crippen molar-refractivity contribution in [2.45, 2.75) is 33.2 Å². The zero-order chi connectivity index (χ0) is 18.4. The first-order valence-corrected chi connectivity index (χ1v) is 7.99. The molecule has 0 aliphatic carbocycles. The van der Waals surface area contributed by atoms with Crippen LogP contribution in [0.3, 0.4) is 0 Å². The van der Waals surface area contributed by atoms with Gasteiger partial charge in [0.05, 0.1) is 11.4 Å². The van der Waals surface area contributed by atoms with Crippen molar-refractivity contribution in [2.75, 3.05) is 5.32 Å². The van der Waals surface area contributed by atoms with Crippen LogP contribution < -0.4 is 10.7 Å². The SMILES string of the molecule is CC/C(=N\NC(=O)[C@H](C)Nc1cccnc1)c1ccc(O)c(C)c1O. The van der Waals surface area contributed by atoms with E-state index in [9.17, 15) is 15.0 Å². The minimum absolute atomic E-state index is 0.00929. The number of aromatic hydroxyl groups is 2. The Hall–Kier alpha value is -3.09. The summed E-state index contributed by atoms with van der Waals surface area (Å²) >= 11 is 0. The Bertz CT molecular complexity index is 775. The van der Waals surface area contributed by atoms with Crippen LogP contribution in [-0.2, 0) is 4.79 Å². The molecule has 0 aliphatic heterocycles. The summed E-state index contributed by atoms with van der Waals surface area (Å²) in [5.41, 5.74) is 4.60. The topological polar surface area (TPSA) is 107 Å². The quantitative estimate of drug-likeness (QED) is 0.477. The molecule has 0 radical (unpaired) electrons. The molecule has 0 saturated carbocycles. The van der Waals surface area contributed by atoms with Gasteiger partial charge < -0.3 is 15.5 Å². The number of phenolic OH excluding ortho intramolecular Hbond substituents is 2. The largest absolute Gasteiger partial charge is 0.508 e. The Labute approximate surface area is 146 Å². The van der Waals surface area contributed by atoms with Crippen LogP contribution >= 0.6 is 0 Å². The van der Waals surface area contributed by atoms with Crippen molar-refractivity contribution in [1.82, 2.24) is 10.4 Å². The van der Waals surface area contributed by atoms with Crippen LogP contribution in [0.15, 0.2) is 41.8 Å². The van der Waals surface area contributed by atoms with Gasteiger partial charge in [-0.25, -0.2) is 5.43 Å². The van der Waals surface area contributed by atoms with Crippen molar-refractivity contribution < 1.29 is 15.0 Å². The first kappa shape index (κ1) is 18.3. The van der Waals surface area contributed by atoms with E-state index in [-0.39, 0.29) is 17.4 Å². The third-order valence-corrected chi connectivity index (χ3v) is 3.79. The Balaban J connectivity index is 2.10. The molecule has 1 aromatic heterocycles. The monoisotopic (exact) mass is 342 g/mol.